The van der Waals surface area contributed by atoms with Crippen molar-refractivity contribution >= 4 is 11.6 Å². The summed E-state index contributed by atoms with van der Waals surface area (Å²) in [7, 11) is 3.26. The smallest absolute Gasteiger partial charge is 0.170 e. The van der Waals surface area contributed by atoms with E-state index in [1.54, 1.807) is 25.2 Å². The zero-order chi connectivity index (χ0) is 14.7. The van der Waals surface area contributed by atoms with Gasteiger partial charge in [-0.3, -0.25) is 0 Å². The lowest BCUT2D eigenvalue weighted by Gasteiger charge is -2.19. The van der Waals surface area contributed by atoms with E-state index in [-0.39, 0.29) is 17.6 Å². The lowest BCUT2D eigenvalue weighted by atomic mass is 9.97. The van der Waals surface area contributed by atoms with Gasteiger partial charge in [-0.2, -0.15) is 0 Å². The molecule has 2 nitrogen and oxygen atoms in total. The average Bonchev–Trinajstić information content (AvgIpc) is 2.45. The number of hydrogen-bond acceptors (Lipinski definition) is 2. The summed E-state index contributed by atoms with van der Waals surface area (Å²) in [5.41, 5.74) is 2.47. The number of hydrogen-bond donors (Lipinski definition) is 1. The fraction of sp³-hybridized carbons (Fsp3) is 0.250. The fourth-order valence-corrected chi connectivity index (χ4v) is 2.38. The molecule has 0 aromatic heterocycles. The van der Waals surface area contributed by atoms with Gasteiger partial charge in [0.25, 0.3) is 0 Å². The molecule has 0 saturated heterocycles. The maximum atomic E-state index is 14.4. The van der Waals surface area contributed by atoms with Gasteiger partial charge in [0, 0.05) is 10.6 Å². The van der Waals surface area contributed by atoms with E-state index in [0.29, 0.717) is 10.6 Å². The molecular formula is C16H17ClFNO. The number of aryl methyl sites for hydroxylation is 1. The van der Waals surface area contributed by atoms with E-state index < -0.39 is 0 Å². The van der Waals surface area contributed by atoms with Crippen molar-refractivity contribution in [2.45, 2.75) is 13.0 Å². The lowest BCUT2D eigenvalue weighted by Crippen LogP contribution is -2.19. The highest BCUT2D eigenvalue weighted by Gasteiger charge is 2.19. The molecule has 0 saturated carbocycles. The lowest BCUT2D eigenvalue weighted by molar-refractivity contribution is 0.382. The molecule has 0 fully saturated rings. The van der Waals surface area contributed by atoms with Crippen molar-refractivity contribution in [1.82, 2.24) is 5.32 Å². The second kappa shape index (κ2) is 6.25. The predicted molar refractivity (Wildman–Crippen MR) is 80.0 cm³/mol. The summed E-state index contributed by atoms with van der Waals surface area (Å²) in [6.45, 7) is 1.93. The number of nitrogens with one attached hydrogen (secondary N) is 1. The summed E-state index contributed by atoms with van der Waals surface area (Å²) >= 11 is 6.04. The Morgan fingerprint density at radius 1 is 1.25 bits per heavy atom. The van der Waals surface area contributed by atoms with Crippen LogP contribution in [0, 0.1) is 12.7 Å². The summed E-state index contributed by atoms with van der Waals surface area (Å²) in [6.07, 6.45) is 0. The van der Waals surface area contributed by atoms with E-state index in [1.807, 2.05) is 25.1 Å². The van der Waals surface area contributed by atoms with Crippen molar-refractivity contribution < 1.29 is 9.13 Å². The molecule has 2 rings (SSSR count). The largest absolute Gasteiger partial charge is 0.494 e. The van der Waals surface area contributed by atoms with Gasteiger partial charge in [0.2, 0.25) is 0 Å². The summed E-state index contributed by atoms with van der Waals surface area (Å²) in [4.78, 5) is 0. The maximum absolute atomic E-state index is 14.4. The van der Waals surface area contributed by atoms with Gasteiger partial charge >= 0.3 is 0 Å². The third-order valence-corrected chi connectivity index (χ3v) is 3.75. The molecule has 0 aliphatic rings. The Hall–Kier alpha value is -1.58. The first-order valence-corrected chi connectivity index (χ1v) is 6.72. The highest BCUT2D eigenvalue weighted by atomic mass is 35.5. The molecule has 1 unspecified atom stereocenters. The molecule has 106 valence electrons. The summed E-state index contributed by atoms with van der Waals surface area (Å²) in [6, 6.07) is 10.6. The highest BCUT2D eigenvalue weighted by Crippen LogP contribution is 2.30. The van der Waals surface area contributed by atoms with E-state index in [1.165, 1.54) is 7.11 Å². The number of rotatable bonds is 4. The van der Waals surface area contributed by atoms with Crippen molar-refractivity contribution in [3.8, 4) is 5.75 Å². The second-order valence-corrected chi connectivity index (χ2v) is 5.00. The predicted octanol–water partition coefficient (Wildman–Crippen LogP) is 4.10. The third kappa shape index (κ3) is 2.79. The van der Waals surface area contributed by atoms with Gasteiger partial charge in [-0.15, -0.1) is 0 Å². The molecule has 0 spiro atoms. The van der Waals surface area contributed by atoms with E-state index in [0.717, 1.165) is 11.1 Å². The zero-order valence-electron chi connectivity index (χ0n) is 11.7. The molecule has 0 bridgehead atoms. The van der Waals surface area contributed by atoms with Crippen LogP contribution in [-0.2, 0) is 0 Å². The Kier molecular flexibility index (Phi) is 4.63. The van der Waals surface area contributed by atoms with Crippen LogP contribution in [0.3, 0.4) is 0 Å². The van der Waals surface area contributed by atoms with E-state index in [4.69, 9.17) is 16.3 Å². The van der Waals surface area contributed by atoms with Gasteiger partial charge < -0.3 is 10.1 Å². The van der Waals surface area contributed by atoms with Crippen LogP contribution < -0.4 is 10.1 Å². The molecule has 0 aliphatic carbocycles. The van der Waals surface area contributed by atoms with Crippen molar-refractivity contribution in [2.24, 2.45) is 0 Å². The minimum Gasteiger partial charge on any atom is -0.494 e. The van der Waals surface area contributed by atoms with E-state index >= 15 is 0 Å². The average molecular weight is 294 g/mol. The summed E-state index contributed by atoms with van der Waals surface area (Å²) < 4.78 is 19.4. The first-order chi connectivity index (χ1) is 9.58. The Morgan fingerprint density at radius 2 is 2.00 bits per heavy atom. The quantitative estimate of drug-likeness (QED) is 0.916. The minimum absolute atomic E-state index is 0.244. The molecule has 0 heterocycles. The van der Waals surface area contributed by atoms with E-state index in [2.05, 4.69) is 5.32 Å². The maximum Gasteiger partial charge on any atom is 0.170 e. The van der Waals surface area contributed by atoms with Gasteiger partial charge in [-0.25, -0.2) is 4.39 Å². The van der Waals surface area contributed by atoms with Crippen LogP contribution in [0.1, 0.15) is 22.7 Å². The van der Waals surface area contributed by atoms with Crippen LogP contribution in [0.2, 0.25) is 5.02 Å². The van der Waals surface area contributed by atoms with Crippen LogP contribution in [0.5, 0.6) is 5.75 Å². The number of benzene rings is 2. The molecule has 0 radical (unpaired) electrons. The molecule has 20 heavy (non-hydrogen) atoms. The van der Waals surface area contributed by atoms with Gasteiger partial charge in [-0.1, -0.05) is 35.9 Å². The van der Waals surface area contributed by atoms with Crippen LogP contribution in [0.4, 0.5) is 4.39 Å². The first-order valence-electron chi connectivity index (χ1n) is 6.34. The normalized spacial score (nSPS) is 12.2. The Bertz CT molecular complexity index is 615. The standard InChI is InChI=1S/C16H17ClFNO/c1-10-9-11(7-8-13(10)17)16(19-2)12-5-4-6-14(20-3)15(12)18/h4-9,16,19H,1-3H3. The highest BCUT2D eigenvalue weighted by molar-refractivity contribution is 6.31. The summed E-state index contributed by atoms with van der Waals surface area (Å²) in [5.74, 6) is -0.101. The SMILES string of the molecule is CNC(c1ccc(Cl)c(C)c1)c1cccc(OC)c1F. The molecule has 2 aromatic rings. The molecule has 4 heteroatoms. The first kappa shape index (κ1) is 14.8. The topological polar surface area (TPSA) is 21.3 Å². The number of ether oxygens (including phenoxy) is 1. The molecule has 1 N–H and O–H groups in total. The van der Waals surface area contributed by atoms with Crippen molar-refractivity contribution in [2.75, 3.05) is 14.2 Å². The number of halogens is 2. The van der Waals surface area contributed by atoms with Crippen LogP contribution in [0.15, 0.2) is 36.4 Å². The fourth-order valence-electron chi connectivity index (χ4n) is 2.26. The van der Waals surface area contributed by atoms with E-state index in [9.17, 15) is 4.39 Å². The molecule has 0 aliphatic heterocycles. The van der Waals surface area contributed by atoms with Gasteiger partial charge in [0.1, 0.15) is 0 Å². The van der Waals surface area contributed by atoms with Crippen molar-refractivity contribution in [3.05, 3.63) is 63.9 Å². The molecular weight excluding hydrogens is 277 g/mol. The van der Waals surface area contributed by atoms with Crippen LogP contribution >= 0.6 is 11.6 Å². The Balaban J connectivity index is 2.49. The molecule has 0 amide bonds. The van der Waals surface area contributed by atoms with Crippen molar-refractivity contribution in [1.29, 1.82) is 0 Å². The minimum atomic E-state index is -0.345. The zero-order valence-corrected chi connectivity index (χ0v) is 12.5. The van der Waals surface area contributed by atoms with Gasteiger partial charge in [0.05, 0.1) is 13.2 Å². The molecule has 2 aromatic carbocycles. The number of methoxy groups -OCH3 is 1. The monoisotopic (exact) mass is 293 g/mol. The van der Waals surface area contributed by atoms with Crippen LogP contribution in [0.25, 0.3) is 0 Å². The van der Waals surface area contributed by atoms with Gasteiger partial charge in [-0.05, 0) is 37.2 Å². The second-order valence-electron chi connectivity index (χ2n) is 4.59. The molecule has 1 atom stereocenters. The van der Waals surface area contributed by atoms with Gasteiger partial charge in [0.15, 0.2) is 11.6 Å². The Morgan fingerprint density at radius 3 is 2.60 bits per heavy atom. The third-order valence-electron chi connectivity index (χ3n) is 3.33. The Labute approximate surface area is 123 Å². The van der Waals surface area contributed by atoms with Crippen LogP contribution in [-0.4, -0.2) is 14.2 Å². The summed E-state index contributed by atoms with van der Waals surface area (Å²) in [5, 5.41) is 3.84. The van der Waals surface area contributed by atoms with Crippen molar-refractivity contribution in [3.63, 3.8) is 0 Å².